The van der Waals surface area contributed by atoms with Gasteiger partial charge in [-0.1, -0.05) is 12.1 Å². The molecule has 0 fully saturated rings. The van der Waals surface area contributed by atoms with E-state index in [4.69, 9.17) is 4.74 Å². The van der Waals surface area contributed by atoms with Gasteiger partial charge in [-0.3, -0.25) is 0 Å². The van der Waals surface area contributed by atoms with Gasteiger partial charge in [0.15, 0.2) is 0 Å². The van der Waals surface area contributed by atoms with Crippen molar-refractivity contribution in [3.63, 3.8) is 0 Å². The van der Waals surface area contributed by atoms with E-state index in [1.807, 2.05) is 18.2 Å². The molecule has 0 aliphatic heterocycles. The lowest BCUT2D eigenvalue weighted by atomic mass is 9.89. The van der Waals surface area contributed by atoms with E-state index in [1.165, 1.54) is 6.07 Å². The van der Waals surface area contributed by atoms with E-state index < -0.39 is 0 Å². The molecule has 0 spiro atoms. The van der Waals surface area contributed by atoms with E-state index in [1.54, 1.807) is 19.2 Å². The number of fused-ring (bicyclic) bond motifs is 2. The molecule has 0 radical (unpaired) electrons. The number of nitriles is 1. The minimum Gasteiger partial charge on any atom is -0.497 e. The fourth-order valence-electron chi connectivity index (χ4n) is 2.86. The number of benzene rings is 2. The van der Waals surface area contributed by atoms with Crippen molar-refractivity contribution in [3.05, 3.63) is 64.5 Å². The summed E-state index contributed by atoms with van der Waals surface area (Å²) < 4.78 is 18.6. The van der Waals surface area contributed by atoms with E-state index in [9.17, 15) is 9.65 Å². The molecule has 1 unspecified atom stereocenters. The summed E-state index contributed by atoms with van der Waals surface area (Å²) in [6, 6.07) is 12.8. The van der Waals surface area contributed by atoms with Crippen LogP contribution in [-0.2, 0) is 12.8 Å². The number of rotatable bonds is 1. The SMILES string of the molecule is COc1ccc2c(c1)CCc1cc(F)ccc1C2C#N. The van der Waals surface area contributed by atoms with E-state index in [0.717, 1.165) is 40.8 Å². The highest BCUT2D eigenvalue weighted by molar-refractivity contribution is 5.50. The van der Waals surface area contributed by atoms with Crippen LogP contribution in [0.5, 0.6) is 5.75 Å². The molecule has 0 aromatic heterocycles. The number of ether oxygens (including phenoxy) is 1. The molecule has 3 rings (SSSR count). The average molecular weight is 267 g/mol. The maximum atomic E-state index is 13.4. The zero-order valence-electron chi connectivity index (χ0n) is 11.2. The van der Waals surface area contributed by atoms with Crippen molar-refractivity contribution >= 4 is 0 Å². The van der Waals surface area contributed by atoms with Crippen LogP contribution in [0.4, 0.5) is 4.39 Å². The fourth-order valence-corrected chi connectivity index (χ4v) is 2.86. The predicted octanol–water partition coefficient (Wildman–Crippen LogP) is 3.59. The number of aryl methyl sites for hydroxylation is 2. The lowest BCUT2D eigenvalue weighted by Crippen LogP contribution is -2.02. The Kier molecular flexibility index (Phi) is 3.15. The van der Waals surface area contributed by atoms with Crippen molar-refractivity contribution in [1.29, 1.82) is 5.26 Å². The lowest BCUT2D eigenvalue weighted by molar-refractivity contribution is 0.414. The largest absolute Gasteiger partial charge is 0.497 e. The van der Waals surface area contributed by atoms with Crippen molar-refractivity contribution in [3.8, 4) is 11.8 Å². The average Bonchev–Trinajstić information content (AvgIpc) is 2.62. The Hall–Kier alpha value is -2.34. The Morgan fingerprint density at radius 2 is 1.75 bits per heavy atom. The fraction of sp³-hybridized carbons (Fsp3) is 0.235. The molecule has 20 heavy (non-hydrogen) atoms. The molecule has 0 saturated heterocycles. The second-order valence-electron chi connectivity index (χ2n) is 4.97. The Labute approximate surface area is 117 Å². The van der Waals surface area contributed by atoms with Crippen LogP contribution in [0, 0.1) is 17.1 Å². The highest BCUT2D eigenvalue weighted by atomic mass is 19.1. The molecule has 1 atom stereocenters. The number of hydrogen-bond donors (Lipinski definition) is 0. The van der Waals surface area contributed by atoms with Crippen molar-refractivity contribution < 1.29 is 9.13 Å². The molecule has 2 nitrogen and oxygen atoms in total. The molecule has 3 heteroatoms. The summed E-state index contributed by atoms with van der Waals surface area (Å²) in [5, 5.41) is 9.53. The van der Waals surface area contributed by atoms with Crippen molar-refractivity contribution in [2.24, 2.45) is 0 Å². The van der Waals surface area contributed by atoms with Crippen LogP contribution in [-0.4, -0.2) is 7.11 Å². The molecule has 2 aromatic rings. The van der Waals surface area contributed by atoms with Gasteiger partial charge in [-0.25, -0.2) is 4.39 Å². The quantitative estimate of drug-likeness (QED) is 0.791. The van der Waals surface area contributed by atoms with Crippen LogP contribution in [0.3, 0.4) is 0 Å². The minimum atomic E-state index is -0.339. The van der Waals surface area contributed by atoms with Gasteiger partial charge >= 0.3 is 0 Å². The van der Waals surface area contributed by atoms with Gasteiger partial charge in [0.25, 0.3) is 0 Å². The third kappa shape index (κ3) is 2.04. The standard InChI is InChI=1S/C17H14FNO/c1-20-14-5-7-16-12(9-14)3-2-11-8-13(18)4-6-15(11)17(16)10-19/h4-9,17H,2-3H2,1H3. The maximum absolute atomic E-state index is 13.4. The minimum absolute atomic E-state index is 0.246. The zero-order valence-corrected chi connectivity index (χ0v) is 11.2. The van der Waals surface area contributed by atoms with Crippen LogP contribution in [0.15, 0.2) is 36.4 Å². The van der Waals surface area contributed by atoms with E-state index in [0.29, 0.717) is 0 Å². The molecule has 0 N–H and O–H groups in total. The first-order valence-corrected chi connectivity index (χ1v) is 6.57. The van der Waals surface area contributed by atoms with Crippen molar-refractivity contribution in [2.45, 2.75) is 18.8 Å². The van der Waals surface area contributed by atoms with Gasteiger partial charge in [0.05, 0.1) is 19.1 Å². The van der Waals surface area contributed by atoms with Gasteiger partial charge in [0.1, 0.15) is 11.6 Å². The monoisotopic (exact) mass is 267 g/mol. The van der Waals surface area contributed by atoms with Crippen LogP contribution in [0.2, 0.25) is 0 Å². The molecule has 0 bridgehead atoms. The smallest absolute Gasteiger partial charge is 0.123 e. The summed E-state index contributed by atoms with van der Waals surface area (Å²) in [4.78, 5) is 0. The highest BCUT2D eigenvalue weighted by Gasteiger charge is 2.24. The molecule has 0 heterocycles. The van der Waals surface area contributed by atoms with Crippen molar-refractivity contribution in [1.82, 2.24) is 0 Å². The topological polar surface area (TPSA) is 33.0 Å². The first-order valence-electron chi connectivity index (χ1n) is 6.57. The van der Waals surface area contributed by atoms with Gasteiger partial charge in [-0.05, 0) is 59.4 Å². The van der Waals surface area contributed by atoms with Gasteiger partial charge < -0.3 is 4.74 Å². The zero-order chi connectivity index (χ0) is 14.1. The predicted molar refractivity (Wildman–Crippen MR) is 74.3 cm³/mol. The summed E-state index contributed by atoms with van der Waals surface area (Å²) in [7, 11) is 1.63. The molecular formula is C17H14FNO. The van der Waals surface area contributed by atoms with E-state index in [-0.39, 0.29) is 11.7 Å². The summed E-state index contributed by atoms with van der Waals surface area (Å²) >= 11 is 0. The van der Waals surface area contributed by atoms with Crippen molar-refractivity contribution in [2.75, 3.05) is 7.11 Å². The van der Waals surface area contributed by atoms with E-state index in [2.05, 4.69) is 6.07 Å². The molecule has 1 aliphatic rings. The van der Waals surface area contributed by atoms with E-state index >= 15 is 0 Å². The molecule has 2 aromatic carbocycles. The molecular weight excluding hydrogens is 253 g/mol. The normalized spacial score (nSPS) is 16.6. The lowest BCUT2D eigenvalue weighted by Gasteiger charge is -2.14. The number of hydrogen-bond acceptors (Lipinski definition) is 2. The summed E-state index contributed by atoms with van der Waals surface area (Å²) in [5.41, 5.74) is 3.94. The highest BCUT2D eigenvalue weighted by Crippen LogP contribution is 2.35. The molecule has 0 saturated carbocycles. The summed E-state index contributed by atoms with van der Waals surface area (Å²) in [5.74, 6) is 0.204. The van der Waals surface area contributed by atoms with Crippen LogP contribution < -0.4 is 4.74 Å². The Morgan fingerprint density at radius 1 is 1.10 bits per heavy atom. The summed E-state index contributed by atoms with van der Waals surface area (Å²) in [6.07, 6.45) is 1.53. The number of methoxy groups -OCH3 is 1. The molecule has 1 aliphatic carbocycles. The number of halogens is 1. The molecule has 0 amide bonds. The Balaban J connectivity index is 2.17. The van der Waals surface area contributed by atoms with Gasteiger partial charge in [0, 0.05) is 0 Å². The van der Waals surface area contributed by atoms with Gasteiger partial charge in [-0.2, -0.15) is 5.26 Å². The second-order valence-corrected chi connectivity index (χ2v) is 4.97. The first-order chi connectivity index (χ1) is 9.72. The van der Waals surface area contributed by atoms with Crippen LogP contribution >= 0.6 is 0 Å². The third-order valence-corrected chi connectivity index (χ3v) is 3.87. The van der Waals surface area contributed by atoms with Crippen LogP contribution in [0.25, 0.3) is 0 Å². The molecule has 100 valence electrons. The number of nitrogens with zero attached hydrogens (tertiary/aromatic N) is 1. The Bertz CT molecular complexity index is 703. The Morgan fingerprint density at radius 3 is 2.40 bits per heavy atom. The summed E-state index contributed by atoms with van der Waals surface area (Å²) in [6.45, 7) is 0. The third-order valence-electron chi connectivity index (χ3n) is 3.87. The first kappa shape index (κ1) is 12.7. The maximum Gasteiger partial charge on any atom is 0.123 e. The second kappa shape index (κ2) is 4.97. The van der Waals surface area contributed by atoms with Crippen LogP contribution in [0.1, 0.15) is 28.2 Å². The van der Waals surface area contributed by atoms with Gasteiger partial charge in [-0.15, -0.1) is 0 Å². The van der Waals surface area contributed by atoms with Gasteiger partial charge in [0.2, 0.25) is 0 Å².